The minimum Gasteiger partial charge on any atom is -0.197 e. The van der Waals surface area contributed by atoms with E-state index in [4.69, 9.17) is 5.26 Å². The highest BCUT2D eigenvalue weighted by atomic mass is 32.2. The Morgan fingerprint density at radius 3 is 2.53 bits per heavy atom. The molecule has 1 rings (SSSR count). The number of nitrogens with zero attached hydrogens (tertiary/aromatic N) is 1. The minimum atomic E-state index is -1.59. The first-order valence-electron chi connectivity index (χ1n) is 5.88. The van der Waals surface area contributed by atoms with Crippen LogP contribution in [0, 0.1) is 11.3 Å². The SMILES string of the molecule is CC/C=C(\SCC#N)[Si](C)(C)c1ccccc1. The number of allylic oxidation sites excluding steroid dienone is 1. The lowest BCUT2D eigenvalue weighted by Crippen LogP contribution is -2.42. The van der Waals surface area contributed by atoms with Crippen molar-refractivity contribution in [3.8, 4) is 6.07 Å². The molecule has 0 saturated carbocycles. The maximum absolute atomic E-state index is 8.74. The van der Waals surface area contributed by atoms with Crippen LogP contribution in [0.1, 0.15) is 13.3 Å². The third-order valence-electron chi connectivity index (χ3n) is 2.79. The molecule has 0 spiro atoms. The van der Waals surface area contributed by atoms with Crippen LogP contribution in [-0.4, -0.2) is 13.8 Å². The molecule has 1 nitrogen and oxygen atoms in total. The van der Waals surface area contributed by atoms with Crippen LogP contribution in [0.4, 0.5) is 0 Å². The topological polar surface area (TPSA) is 23.8 Å². The summed E-state index contributed by atoms with van der Waals surface area (Å²) < 4.78 is 1.42. The number of thioether (sulfide) groups is 1. The van der Waals surface area contributed by atoms with Crippen LogP contribution in [-0.2, 0) is 0 Å². The van der Waals surface area contributed by atoms with E-state index in [0.29, 0.717) is 5.75 Å². The highest BCUT2D eigenvalue weighted by molar-refractivity contribution is 8.05. The number of nitriles is 1. The molecule has 0 fully saturated rings. The smallest absolute Gasteiger partial charge is 0.119 e. The third-order valence-corrected chi connectivity index (χ3v) is 8.72. The lowest BCUT2D eigenvalue weighted by atomic mass is 10.4. The number of benzene rings is 1. The second kappa shape index (κ2) is 6.68. The van der Waals surface area contributed by atoms with Crippen molar-refractivity contribution in [2.45, 2.75) is 26.4 Å². The molecular weight excluding hydrogens is 242 g/mol. The Bertz CT molecular complexity index is 418. The van der Waals surface area contributed by atoms with E-state index in [2.05, 4.69) is 62.5 Å². The summed E-state index contributed by atoms with van der Waals surface area (Å²) in [4.78, 5) is 0. The molecule has 1 aromatic rings. The van der Waals surface area contributed by atoms with Gasteiger partial charge in [-0.25, -0.2) is 0 Å². The molecule has 0 aromatic heterocycles. The van der Waals surface area contributed by atoms with E-state index in [-0.39, 0.29) is 0 Å². The summed E-state index contributed by atoms with van der Waals surface area (Å²) in [6.45, 7) is 6.87. The third kappa shape index (κ3) is 3.76. The monoisotopic (exact) mass is 261 g/mol. The van der Waals surface area contributed by atoms with E-state index in [1.165, 1.54) is 9.72 Å². The predicted molar refractivity (Wildman–Crippen MR) is 80.0 cm³/mol. The van der Waals surface area contributed by atoms with Gasteiger partial charge in [0.15, 0.2) is 0 Å². The van der Waals surface area contributed by atoms with E-state index in [0.717, 1.165) is 6.42 Å². The van der Waals surface area contributed by atoms with Crippen LogP contribution < -0.4 is 5.19 Å². The van der Waals surface area contributed by atoms with Gasteiger partial charge in [-0.1, -0.05) is 61.6 Å². The Hall–Kier alpha value is -0.983. The van der Waals surface area contributed by atoms with Crippen LogP contribution in [0.3, 0.4) is 0 Å². The Morgan fingerprint density at radius 2 is 2.00 bits per heavy atom. The van der Waals surface area contributed by atoms with Gasteiger partial charge >= 0.3 is 0 Å². The standard InChI is InChI=1S/C14H19NSSi/c1-4-8-14(16-12-11-15)17(2,3)13-9-6-5-7-10-13/h5-10H,4,12H2,1-3H3/b14-8+. The van der Waals surface area contributed by atoms with Gasteiger partial charge in [0.2, 0.25) is 0 Å². The molecule has 0 amide bonds. The first-order chi connectivity index (χ1) is 8.12. The highest BCUT2D eigenvalue weighted by Gasteiger charge is 2.28. The van der Waals surface area contributed by atoms with Crippen molar-refractivity contribution < 1.29 is 0 Å². The normalized spacial score (nSPS) is 12.2. The Balaban J connectivity index is 3.01. The van der Waals surface area contributed by atoms with Crippen molar-refractivity contribution in [3.63, 3.8) is 0 Å². The molecule has 3 heteroatoms. The van der Waals surface area contributed by atoms with E-state index >= 15 is 0 Å². The van der Waals surface area contributed by atoms with Crippen molar-refractivity contribution >= 4 is 25.0 Å². The van der Waals surface area contributed by atoms with Gasteiger partial charge in [-0.3, -0.25) is 0 Å². The van der Waals surface area contributed by atoms with Crippen molar-refractivity contribution in [1.29, 1.82) is 5.26 Å². The first kappa shape index (κ1) is 14.1. The van der Waals surface area contributed by atoms with Gasteiger partial charge in [0, 0.05) is 0 Å². The molecular formula is C14H19NSSi. The zero-order valence-electron chi connectivity index (χ0n) is 10.7. The van der Waals surface area contributed by atoms with E-state index in [1.54, 1.807) is 11.8 Å². The van der Waals surface area contributed by atoms with E-state index in [9.17, 15) is 0 Å². The van der Waals surface area contributed by atoms with Crippen LogP contribution in [0.2, 0.25) is 13.1 Å². The summed E-state index contributed by atoms with van der Waals surface area (Å²) in [5.41, 5.74) is 0. The first-order valence-corrected chi connectivity index (χ1v) is 9.87. The van der Waals surface area contributed by atoms with Crippen molar-refractivity contribution in [1.82, 2.24) is 0 Å². The Morgan fingerprint density at radius 1 is 1.35 bits per heavy atom. The molecule has 0 atom stereocenters. The second-order valence-electron chi connectivity index (χ2n) is 4.41. The highest BCUT2D eigenvalue weighted by Crippen LogP contribution is 2.27. The fourth-order valence-corrected chi connectivity index (χ4v) is 6.33. The molecule has 0 saturated heterocycles. The molecule has 0 radical (unpaired) electrons. The maximum Gasteiger partial charge on any atom is 0.119 e. The van der Waals surface area contributed by atoms with E-state index in [1.807, 2.05) is 0 Å². The Kier molecular flexibility index (Phi) is 5.53. The molecule has 1 aromatic carbocycles. The molecule has 0 bridgehead atoms. The van der Waals surface area contributed by atoms with Gasteiger partial charge in [-0.05, 0) is 10.9 Å². The molecule has 0 aliphatic carbocycles. The van der Waals surface area contributed by atoms with Crippen LogP contribution >= 0.6 is 11.8 Å². The average molecular weight is 261 g/mol. The fourth-order valence-electron chi connectivity index (χ4n) is 1.79. The van der Waals surface area contributed by atoms with Crippen LogP contribution in [0.5, 0.6) is 0 Å². The summed E-state index contributed by atoms with van der Waals surface area (Å²) in [6.07, 6.45) is 3.33. The Labute approximate surface area is 110 Å². The van der Waals surface area contributed by atoms with Gasteiger partial charge in [0.05, 0.1) is 11.8 Å². The van der Waals surface area contributed by atoms with Crippen molar-refractivity contribution in [3.05, 3.63) is 40.9 Å². The van der Waals surface area contributed by atoms with Crippen LogP contribution in [0.25, 0.3) is 0 Å². The predicted octanol–water partition coefficient (Wildman–Crippen LogP) is 3.69. The summed E-state index contributed by atoms with van der Waals surface area (Å²) in [5, 5.41) is 10.2. The zero-order chi connectivity index (χ0) is 12.7. The summed E-state index contributed by atoms with van der Waals surface area (Å²) in [5.74, 6) is 0.551. The van der Waals surface area contributed by atoms with Gasteiger partial charge in [0.1, 0.15) is 8.07 Å². The largest absolute Gasteiger partial charge is 0.197 e. The van der Waals surface area contributed by atoms with Crippen LogP contribution in [0.15, 0.2) is 40.9 Å². The van der Waals surface area contributed by atoms with Crippen molar-refractivity contribution in [2.75, 3.05) is 5.75 Å². The number of hydrogen-bond donors (Lipinski definition) is 0. The lowest BCUT2D eigenvalue weighted by molar-refractivity contribution is 1.22. The zero-order valence-corrected chi connectivity index (χ0v) is 12.6. The van der Waals surface area contributed by atoms with Gasteiger partial charge in [0.25, 0.3) is 0 Å². The molecule has 90 valence electrons. The minimum absolute atomic E-state index is 0.551. The van der Waals surface area contributed by atoms with Crippen molar-refractivity contribution in [2.24, 2.45) is 0 Å². The number of hydrogen-bond acceptors (Lipinski definition) is 2. The lowest BCUT2D eigenvalue weighted by Gasteiger charge is -2.25. The molecule has 0 unspecified atom stereocenters. The maximum atomic E-state index is 8.74. The average Bonchev–Trinajstić information content (AvgIpc) is 2.35. The molecule has 0 aliphatic heterocycles. The molecule has 0 aliphatic rings. The summed E-state index contributed by atoms with van der Waals surface area (Å²) >= 11 is 1.71. The van der Waals surface area contributed by atoms with E-state index < -0.39 is 8.07 Å². The fraction of sp³-hybridized carbons (Fsp3) is 0.357. The molecule has 17 heavy (non-hydrogen) atoms. The number of rotatable bonds is 5. The molecule has 0 heterocycles. The molecule has 0 N–H and O–H groups in total. The quantitative estimate of drug-likeness (QED) is 0.755. The van der Waals surface area contributed by atoms with Gasteiger partial charge in [-0.15, -0.1) is 11.8 Å². The van der Waals surface area contributed by atoms with Gasteiger partial charge < -0.3 is 0 Å². The second-order valence-corrected chi connectivity index (χ2v) is 10.2. The summed E-state index contributed by atoms with van der Waals surface area (Å²) in [7, 11) is -1.59. The van der Waals surface area contributed by atoms with Gasteiger partial charge in [-0.2, -0.15) is 5.26 Å². The summed E-state index contributed by atoms with van der Waals surface area (Å²) in [6, 6.07) is 12.9.